The normalized spacial score (nSPS) is 31.8. The number of rotatable bonds is 8. The number of halogens is 1. The number of aliphatic hydroxyl groups excluding tert-OH is 1. The van der Waals surface area contributed by atoms with E-state index in [1.807, 2.05) is 19.2 Å². The topological polar surface area (TPSA) is 61.4 Å². The first-order valence-electron chi connectivity index (χ1n) is 10.9. The van der Waals surface area contributed by atoms with E-state index < -0.39 is 0 Å². The van der Waals surface area contributed by atoms with Gasteiger partial charge in [-0.2, -0.15) is 0 Å². The molecule has 1 unspecified atom stereocenters. The molecule has 0 saturated heterocycles. The summed E-state index contributed by atoms with van der Waals surface area (Å²) < 4.78 is 0. The third-order valence-electron chi connectivity index (χ3n) is 7.27. The SMILES string of the molecule is CNCC(O)CCc1ccc(Cl)c(C(=O)NCC23CC4CC(CC(C4)C2)C3)c1. The molecule has 1 atom stereocenters. The van der Waals surface area contributed by atoms with Crippen LogP contribution in [0.3, 0.4) is 0 Å². The van der Waals surface area contributed by atoms with Crippen molar-refractivity contribution in [3.05, 3.63) is 34.3 Å². The largest absolute Gasteiger partial charge is 0.392 e. The lowest BCUT2D eigenvalue weighted by molar-refractivity contribution is -0.0503. The van der Waals surface area contributed by atoms with Gasteiger partial charge in [0.25, 0.3) is 5.91 Å². The molecule has 5 heteroatoms. The number of benzene rings is 1. The number of carbonyl (C=O) groups is 1. The minimum absolute atomic E-state index is 0.0571. The summed E-state index contributed by atoms with van der Waals surface area (Å²) in [6, 6.07) is 5.65. The van der Waals surface area contributed by atoms with E-state index in [-0.39, 0.29) is 12.0 Å². The van der Waals surface area contributed by atoms with E-state index in [1.165, 1.54) is 38.5 Å². The van der Waals surface area contributed by atoms with Crippen molar-refractivity contribution in [2.24, 2.45) is 23.2 Å². The van der Waals surface area contributed by atoms with Crippen LogP contribution in [-0.2, 0) is 6.42 Å². The summed E-state index contributed by atoms with van der Waals surface area (Å²) in [6.45, 7) is 1.36. The van der Waals surface area contributed by atoms with Crippen LogP contribution in [0, 0.1) is 23.2 Å². The quantitative estimate of drug-likeness (QED) is 0.617. The lowest BCUT2D eigenvalue weighted by Gasteiger charge is -2.56. The van der Waals surface area contributed by atoms with Crippen LogP contribution in [0.2, 0.25) is 5.02 Å². The highest BCUT2D eigenvalue weighted by Crippen LogP contribution is 2.59. The second-order valence-electron chi connectivity index (χ2n) is 9.66. The van der Waals surface area contributed by atoms with Crippen molar-refractivity contribution in [2.75, 3.05) is 20.1 Å². The van der Waals surface area contributed by atoms with Crippen molar-refractivity contribution in [1.82, 2.24) is 10.6 Å². The molecule has 4 saturated carbocycles. The van der Waals surface area contributed by atoms with Crippen LogP contribution in [0.15, 0.2) is 18.2 Å². The van der Waals surface area contributed by atoms with Gasteiger partial charge in [-0.15, -0.1) is 0 Å². The van der Waals surface area contributed by atoms with Crippen LogP contribution in [0.1, 0.15) is 60.9 Å². The summed E-state index contributed by atoms with van der Waals surface area (Å²) in [5.74, 6) is 2.61. The second kappa shape index (κ2) is 8.33. The summed E-state index contributed by atoms with van der Waals surface area (Å²) in [4.78, 5) is 12.9. The molecule has 4 bridgehead atoms. The van der Waals surface area contributed by atoms with Gasteiger partial charge in [0.05, 0.1) is 16.7 Å². The average Bonchev–Trinajstić information content (AvgIpc) is 2.65. The highest BCUT2D eigenvalue weighted by Gasteiger charge is 2.50. The van der Waals surface area contributed by atoms with Gasteiger partial charge in [-0.3, -0.25) is 4.79 Å². The Morgan fingerprint density at radius 2 is 1.86 bits per heavy atom. The van der Waals surface area contributed by atoms with Gasteiger partial charge >= 0.3 is 0 Å². The van der Waals surface area contributed by atoms with Crippen molar-refractivity contribution < 1.29 is 9.90 Å². The molecule has 4 aliphatic carbocycles. The van der Waals surface area contributed by atoms with Gasteiger partial charge in [-0.1, -0.05) is 17.7 Å². The standard InChI is InChI=1S/C23H33ClN2O2/c1-25-13-19(27)4-2-15-3-5-21(24)20(9-15)22(28)26-14-23-10-16-6-17(11-23)8-18(7-16)12-23/h3,5,9,16-19,25,27H,2,4,6-8,10-14H2,1H3,(H,26,28). The summed E-state index contributed by atoms with van der Waals surface area (Å²) in [6.07, 6.45) is 9.13. The van der Waals surface area contributed by atoms with Crippen LogP contribution in [0.5, 0.6) is 0 Å². The molecule has 28 heavy (non-hydrogen) atoms. The van der Waals surface area contributed by atoms with Crippen molar-refractivity contribution in [3.63, 3.8) is 0 Å². The van der Waals surface area contributed by atoms with Crippen LogP contribution in [0.4, 0.5) is 0 Å². The summed E-state index contributed by atoms with van der Waals surface area (Å²) in [5, 5.41) is 16.6. The summed E-state index contributed by atoms with van der Waals surface area (Å²) >= 11 is 6.34. The predicted molar refractivity (Wildman–Crippen MR) is 113 cm³/mol. The fraction of sp³-hybridized carbons (Fsp3) is 0.696. The average molecular weight is 405 g/mol. The molecule has 4 aliphatic rings. The van der Waals surface area contributed by atoms with Crippen LogP contribution < -0.4 is 10.6 Å². The molecular formula is C23H33ClN2O2. The number of aliphatic hydroxyl groups is 1. The smallest absolute Gasteiger partial charge is 0.252 e. The molecule has 5 rings (SSSR count). The van der Waals surface area contributed by atoms with E-state index in [0.29, 0.717) is 29.0 Å². The Hall–Kier alpha value is -1.10. The van der Waals surface area contributed by atoms with Gasteiger partial charge in [0.2, 0.25) is 0 Å². The minimum Gasteiger partial charge on any atom is -0.392 e. The number of hydrogen-bond donors (Lipinski definition) is 3. The number of hydrogen-bond acceptors (Lipinski definition) is 3. The first-order chi connectivity index (χ1) is 13.5. The molecule has 1 aromatic carbocycles. The summed E-state index contributed by atoms with van der Waals surface area (Å²) in [5.41, 5.74) is 1.93. The molecule has 154 valence electrons. The van der Waals surface area contributed by atoms with Crippen molar-refractivity contribution in [2.45, 2.75) is 57.5 Å². The van der Waals surface area contributed by atoms with Crippen LogP contribution in [0.25, 0.3) is 0 Å². The zero-order valence-corrected chi connectivity index (χ0v) is 17.6. The van der Waals surface area contributed by atoms with Gasteiger partial charge in [0.1, 0.15) is 0 Å². The summed E-state index contributed by atoms with van der Waals surface area (Å²) in [7, 11) is 1.83. The molecule has 3 N–H and O–H groups in total. The molecule has 0 spiro atoms. The molecule has 0 heterocycles. The Bertz CT molecular complexity index is 685. The maximum absolute atomic E-state index is 12.9. The van der Waals surface area contributed by atoms with E-state index in [4.69, 9.17) is 11.6 Å². The van der Waals surface area contributed by atoms with Gasteiger partial charge in [-0.25, -0.2) is 0 Å². The van der Waals surface area contributed by atoms with E-state index in [9.17, 15) is 9.90 Å². The van der Waals surface area contributed by atoms with E-state index in [2.05, 4.69) is 10.6 Å². The number of aryl methyl sites for hydroxylation is 1. The van der Waals surface area contributed by atoms with E-state index in [1.54, 1.807) is 6.07 Å². The molecular weight excluding hydrogens is 372 g/mol. The van der Waals surface area contributed by atoms with Crippen molar-refractivity contribution in [1.29, 1.82) is 0 Å². The molecule has 4 fully saturated rings. The molecule has 1 amide bonds. The fourth-order valence-corrected chi connectivity index (χ4v) is 6.65. The van der Waals surface area contributed by atoms with Crippen LogP contribution in [-0.4, -0.2) is 37.3 Å². The molecule has 0 radical (unpaired) electrons. The predicted octanol–water partition coefficient (Wildman–Crippen LogP) is 3.80. The number of likely N-dealkylation sites (N-methyl/N-ethyl adjacent to an activating group) is 1. The van der Waals surface area contributed by atoms with Gasteiger partial charge < -0.3 is 15.7 Å². The Labute approximate surface area is 173 Å². The monoisotopic (exact) mass is 404 g/mol. The lowest BCUT2D eigenvalue weighted by Crippen LogP contribution is -2.51. The first-order valence-corrected chi connectivity index (χ1v) is 11.2. The van der Waals surface area contributed by atoms with Gasteiger partial charge in [0, 0.05) is 13.1 Å². The van der Waals surface area contributed by atoms with Crippen molar-refractivity contribution >= 4 is 17.5 Å². The number of nitrogens with one attached hydrogen (secondary N) is 2. The third-order valence-corrected chi connectivity index (χ3v) is 7.60. The highest BCUT2D eigenvalue weighted by molar-refractivity contribution is 6.33. The lowest BCUT2D eigenvalue weighted by atomic mass is 9.49. The maximum Gasteiger partial charge on any atom is 0.252 e. The third kappa shape index (κ3) is 4.39. The highest BCUT2D eigenvalue weighted by atomic mass is 35.5. The second-order valence-corrected chi connectivity index (χ2v) is 10.1. The fourth-order valence-electron chi connectivity index (χ4n) is 6.44. The molecule has 0 aromatic heterocycles. The van der Waals surface area contributed by atoms with Crippen molar-refractivity contribution in [3.8, 4) is 0 Å². The Balaban J connectivity index is 1.37. The molecule has 4 nitrogen and oxygen atoms in total. The zero-order valence-electron chi connectivity index (χ0n) is 16.8. The first kappa shape index (κ1) is 20.2. The van der Waals surface area contributed by atoms with Crippen LogP contribution >= 0.6 is 11.6 Å². The number of carbonyl (C=O) groups excluding carboxylic acids is 1. The molecule has 1 aromatic rings. The molecule has 0 aliphatic heterocycles. The Morgan fingerprint density at radius 3 is 2.46 bits per heavy atom. The Kier molecular flexibility index (Phi) is 6.01. The van der Waals surface area contributed by atoms with Gasteiger partial charge in [0.15, 0.2) is 0 Å². The number of amides is 1. The maximum atomic E-state index is 12.9. The zero-order chi connectivity index (χ0) is 19.7. The van der Waals surface area contributed by atoms with E-state index in [0.717, 1.165) is 36.3 Å². The minimum atomic E-state index is -0.381. The van der Waals surface area contributed by atoms with E-state index >= 15 is 0 Å². The van der Waals surface area contributed by atoms with Gasteiger partial charge in [-0.05, 0) is 99.3 Å². The Morgan fingerprint density at radius 1 is 1.21 bits per heavy atom.